The van der Waals surface area contributed by atoms with E-state index in [9.17, 15) is 9.59 Å². The fourth-order valence-corrected chi connectivity index (χ4v) is 4.98. The lowest BCUT2D eigenvalue weighted by Crippen LogP contribution is -2.30. The Bertz CT molecular complexity index is 1210. The largest absolute Gasteiger partial charge is 0.493 e. The Hall–Kier alpha value is -3.20. The number of fused-ring (bicyclic) bond motifs is 3. The van der Waals surface area contributed by atoms with Gasteiger partial charge in [0.2, 0.25) is 0 Å². The smallest absolute Gasteiger partial charge is 0.262 e. The molecule has 0 saturated heterocycles. The van der Waals surface area contributed by atoms with E-state index in [4.69, 9.17) is 9.47 Å². The third kappa shape index (κ3) is 4.67. The lowest BCUT2D eigenvalue weighted by Gasteiger charge is -2.10. The summed E-state index contributed by atoms with van der Waals surface area (Å²) in [6, 6.07) is 5.41. The van der Waals surface area contributed by atoms with Crippen molar-refractivity contribution in [2.45, 2.75) is 45.6 Å². The Morgan fingerprint density at radius 3 is 2.97 bits per heavy atom. The predicted octanol–water partition coefficient (Wildman–Crippen LogP) is 3.28. The summed E-state index contributed by atoms with van der Waals surface area (Å²) in [5, 5.41) is 4.67. The molecule has 0 saturated carbocycles. The van der Waals surface area contributed by atoms with Crippen LogP contribution in [0.3, 0.4) is 0 Å². The van der Waals surface area contributed by atoms with E-state index in [2.05, 4.69) is 15.5 Å². The number of hydrogen-bond acceptors (Lipinski definition) is 7. The van der Waals surface area contributed by atoms with Gasteiger partial charge in [0.25, 0.3) is 11.5 Å². The van der Waals surface area contributed by atoms with Gasteiger partial charge in [0.1, 0.15) is 11.4 Å². The normalized spacial score (nSPS) is 13.3. The standard InChI is InChI=1S/C23H26N4O4S/c1-3-10-31-17-9-8-15(11-18(17)30-2)12-25-26-20(28)13-27-14-24-22-21(23(27)29)16-6-4-5-7-19(16)32-22/h8-9,11-12,14H,3-7,10,13H2,1-2H3,(H,26,28)/b25-12+. The van der Waals surface area contributed by atoms with Crippen LogP contribution >= 0.6 is 11.3 Å². The molecule has 1 amide bonds. The zero-order valence-electron chi connectivity index (χ0n) is 18.2. The van der Waals surface area contributed by atoms with Gasteiger partial charge in [-0.05, 0) is 61.4 Å². The number of carbonyl (C=O) groups excluding carboxylic acids is 1. The molecule has 0 aliphatic heterocycles. The quantitative estimate of drug-likeness (QED) is 0.416. The maximum absolute atomic E-state index is 13.0. The highest BCUT2D eigenvalue weighted by atomic mass is 32.1. The summed E-state index contributed by atoms with van der Waals surface area (Å²) in [6.45, 7) is 2.50. The average Bonchev–Trinajstić information content (AvgIpc) is 3.19. The number of carbonyl (C=O) groups is 1. The molecule has 0 bridgehead atoms. The van der Waals surface area contributed by atoms with Gasteiger partial charge in [0.15, 0.2) is 11.5 Å². The molecule has 0 unspecified atom stereocenters. The van der Waals surface area contributed by atoms with Gasteiger partial charge in [-0.2, -0.15) is 5.10 Å². The van der Waals surface area contributed by atoms with Crippen molar-refractivity contribution < 1.29 is 14.3 Å². The van der Waals surface area contributed by atoms with Crippen LogP contribution in [0.1, 0.15) is 42.2 Å². The molecule has 8 nitrogen and oxygen atoms in total. The average molecular weight is 455 g/mol. The van der Waals surface area contributed by atoms with Crippen LogP contribution in [0.25, 0.3) is 10.2 Å². The van der Waals surface area contributed by atoms with Crippen LogP contribution in [0.4, 0.5) is 0 Å². The number of nitrogens with one attached hydrogen (secondary N) is 1. The van der Waals surface area contributed by atoms with E-state index >= 15 is 0 Å². The number of amides is 1. The molecule has 0 spiro atoms. The zero-order valence-corrected chi connectivity index (χ0v) is 19.0. The van der Waals surface area contributed by atoms with Crippen LogP contribution in [0.5, 0.6) is 11.5 Å². The van der Waals surface area contributed by atoms with Crippen molar-refractivity contribution in [3.05, 3.63) is 50.9 Å². The van der Waals surface area contributed by atoms with Crippen molar-refractivity contribution in [2.24, 2.45) is 5.10 Å². The van der Waals surface area contributed by atoms with E-state index in [0.29, 0.717) is 23.5 Å². The topological polar surface area (TPSA) is 94.8 Å². The lowest BCUT2D eigenvalue weighted by atomic mass is 9.97. The second kappa shape index (κ2) is 9.95. The molecule has 4 rings (SSSR count). The fraction of sp³-hybridized carbons (Fsp3) is 0.391. The van der Waals surface area contributed by atoms with Crippen molar-refractivity contribution in [3.63, 3.8) is 0 Å². The molecule has 2 heterocycles. The Balaban J connectivity index is 1.43. The number of hydrazone groups is 1. The number of thiophene rings is 1. The molecule has 1 aromatic carbocycles. The number of nitrogens with zero attached hydrogens (tertiary/aromatic N) is 3. The number of hydrogen-bond donors (Lipinski definition) is 1. The SMILES string of the molecule is CCCOc1ccc(/C=N/NC(=O)Cn2cnc3sc4c(c3c2=O)CCCC4)cc1OC. The maximum Gasteiger partial charge on any atom is 0.262 e. The third-order valence-electron chi connectivity index (χ3n) is 5.31. The molecule has 32 heavy (non-hydrogen) atoms. The summed E-state index contributed by atoms with van der Waals surface area (Å²) >= 11 is 1.59. The Morgan fingerprint density at radius 1 is 1.31 bits per heavy atom. The Labute approximate surface area is 189 Å². The van der Waals surface area contributed by atoms with E-state index < -0.39 is 5.91 Å². The summed E-state index contributed by atoms with van der Waals surface area (Å²) < 4.78 is 12.3. The molecule has 1 aliphatic rings. The van der Waals surface area contributed by atoms with Crippen LogP contribution < -0.4 is 20.5 Å². The van der Waals surface area contributed by atoms with Crippen LogP contribution in [-0.2, 0) is 24.2 Å². The van der Waals surface area contributed by atoms with Crippen molar-refractivity contribution >= 4 is 33.7 Å². The number of aryl methyl sites for hydroxylation is 2. The summed E-state index contributed by atoms with van der Waals surface area (Å²) in [5.41, 5.74) is 4.16. The fourth-order valence-electron chi connectivity index (χ4n) is 3.76. The molecule has 3 aromatic rings. The third-order valence-corrected chi connectivity index (χ3v) is 6.51. The summed E-state index contributed by atoms with van der Waals surface area (Å²) in [7, 11) is 1.57. The summed E-state index contributed by atoms with van der Waals surface area (Å²) in [5.74, 6) is 0.857. The van der Waals surface area contributed by atoms with Crippen molar-refractivity contribution in [1.82, 2.24) is 15.0 Å². The molecular formula is C23H26N4O4S. The van der Waals surface area contributed by atoms with Gasteiger partial charge in [0.05, 0.1) is 31.6 Å². The molecule has 1 N–H and O–H groups in total. The molecular weight excluding hydrogens is 428 g/mol. The monoisotopic (exact) mass is 454 g/mol. The Kier molecular flexibility index (Phi) is 6.84. The number of benzene rings is 1. The van der Waals surface area contributed by atoms with E-state index in [1.165, 1.54) is 22.0 Å². The van der Waals surface area contributed by atoms with Gasteiger partial charge >= 0.3 is 0 Å². The van der Waals surface area contributed by atoms with Crippen molar-refractivity contribution in [1.29, 1.82) is 0 Å². The lowest BCUT2D eigenvalue weighted by molar-refractivity contribution is -0.121. The first-order valence-electron chi connectivity index (χ1n) is 10.7. The number of methoxy groups -OCH3 is 1. The summed E-state index contributed by atoms with van der Waals surface area (Å²) in [6.07, 6.45) is 7.99. The molecule has 168 valence electrons. The van der Waals surface area contributed by atoms with Crippen LogP contribution in [0, 0.1) is 0 Å². The van der Waals surface area contributed by atoms with E-state index in [1.807, 2.05) is 13.0 Å². The zero-order chi connectivity index (χ0) is 22.5. The first-order chi connectivity index (χ1) is 15.6. The van der Waals surface area contributed by atoms with Crippen LogP contribution in [0.2, 0.25) is 0 Å². The minimum absolute atomic E-state index is 0.142. The van der Waals surface area contributed by atoms with Crippen molar-refractivity contribution in [3.8, 4) is 11.5 Å². The number of aromatic nitrogens is 2. The van der Waals surface area contributed by atoms with Crippen molar-refractivity contribution in [2.75, 3.05) is 13.7 Å². The van der Waals surface area contributed by atoms with Gasteiger partial charge in [-0.25, -0.2) is 10.4 Å². The molecule has 0 radical (unpaired) electrons. The first kappa shape index (κ1) is 22.0. The van der Waals surface area contributed by atoms with Gasteiger partial charge in [-0.3, -0.25) is 14.2 Å². The molecule has 2 aromatic heterocycles. The Morgan fingerprint density at radius 2 is 2.16 bits per heavy atom. The van der Waals surface area contributed by atoms with E-state index in [1.54, 1.807) is 30.6 Å². The molecule has 0 atom stereocenters. The van der Waals surface area contributed by atoms with Gasteiger partial charge < -0.3 is 9.47 Å². The van der Waals surface area contributed by atoms with Gasteiger partial charge in [0, 0.05) is 4.88 Å². The minimum atomic E-state index is -0.400. The highest BCUT2D eigenvalue weighted by molar-refractivity contribution is 7.18. The maximum atomic E-state index is 13.0. The second-order valence-electron chi connectivity index (χ2n) is 7.62. The predicted molar refractivity (Wildman–Crippen MR) is 125 cm³/mol. The summed E-state index contributed by atoms with van der Waals surface area (Å²) in [4.78, 5) is 31.7. The van der Waals surface area contributed by atoms with Crippen LogP contribution in [0.15, 0.2) is 34.4 Å². The minimum Gasteiger partial charge on any atom is -0.493 e. The number of rotatable bonds is 8. The second-order valence-corrected chi connectivity index (χ2v) is 8.70. The molecule has 9 heteroatoms. The molecule has 1 aliphatic carbocycles. The van der Waals surface area contributed by atoms with Gasteiger partial charge in [-0.15, -0.1) is 11.3 Å². The number of ether oxygens (including phenoxy) is 2. The highest BCUT2D eigenvalue weighted by Crippen LogP contribution is 2.33. The van der Waals surface area contributed by atoms with E-state index in [0.717, 1.165) is 48.1 Å². The highest BCUT2D eigenvalue weighted by Gasteiger charge is 2.20. The van der Waals surface area contributed by atoms with E-state index in [-0.39, 0.29) is 12.1 Å². The van der Waals surface area contributed by atoms with Gasteiger partial charge in [-0.1, -0.05) is 6.92 Å². The van der Waals surface area contributed by atoms with Crippen LogP contribution in [-0.4, -0.2) is 35.4 Å². The first-order valence-corrected chi connectivity index (χ1v) is 11.5. The molecule has 0 fully saturated rings.